The van der Waals surface area contributed by atoms with Crippen LogP contribution in [0.4, 0.5) is 44.7 Å². The fraction of sp³-hybridized carbons (Fsp3) is 0.338. The Bertz CT molecular complexity index is 4070. The van der Waals surface area contributed by atoms with E-state index in [1.165, 1.54) is 9.13 Å². The second-order valence-electron chi connectivity index (χ2n) is 24.2. The molecule has 0 saturated heterocycles. The summed E-state index contributed by atoms with van der Waals surface area (Å²) in [5.41, 5.74) is 18.3. The van der Waals surface area contributed by atoms with E-state index in [0.29, 0.717) is 108 Å². The highest BCUT2D eigenvalue weighted by Gasteiger charge is 2.31. The van der Waals surface area contributed by atoms with Crippen molar-refractivity contribution < 1.29 is 38.8 Å². The zero-order chi connectivity index (χ0) is 68.0. The van der Waals surface area contributed by atoms with Crippen LogP contribution in [0.2, 0.25) is 5.15 Å². The van der Waals surface area contributed by atoms with Crippen molar-refractivity contribution >= 4 is 69.5 Å². The van der Waals surface area contributed by atoms with Crippen LogP contribution in [0.15, 0.2) is 144 Å². The van der Waals surface area contributed by atoms with Gasteiger partial charge in [-0.05, 0) is 140 Å². The minimum Gasteiger partial charge on any atom is -0.444 e. The molecule has 10 rings (SSSR count). The molecule has 0 radical (unpaired) electrons. The fourth-order valence-corrected chi connectivity index (χ4v) is 11.1. The van der Waals surface area contributed by atoms with Crippen LogP contribution in [0.25, 0.3) is 22.3 Å². The lowest BCUT2D eigenvalue weighted by molar-refractivity contribution is 0.0183. The Morgan fingerprint density at radius 3 is 1.67 bits per heavy atom. The lowest BCUT2D eigenvalue weighted by atomic mass is 9.94. The molecule has 4 aromatic heterocycles. The average Bonchev–Trinajstić information content (AvgIpc) is 0.777. The van der Waals surface area contributed by atoms with Crippen molar-refractivity contribution in [2.24, 2.45) is 14.1 Å². The number of nitrogens with one attached hydrogen (secondary N) is 2. The number of methoxy groups -OCH3 is 2. The lowest BCUT2D eigenvalue weighted by Gasteiger charge is -2.31. The summed E-state index contributed by atoms with van der Waals surface area (Å²) >= 11 is 5.75. The molecule has 23 heteroatoms. The summed E-state index contributed by atoms with van der Waals surface area (Å²) in [6.45, 7) is 9.36. The summed E-state index contributed by atoms with van der Waals surface area (Å²) in [5, 5.41) is 27.7. The number of rotatable bonds is 20. The molecule has 22 nitrogen and oxygen atoms in total. The molecule has 3 amide bonds. The highest BCUT2D eigenvalue weighted by atomic mass is 35.5. The molecule has 4 aromatic carbocycles. The maximum Gasteiger partial charge on any atom is 0.410 e. The van der Waals surface area contributed by atoms with Gasteiger partial charge in [0.05, 0.1) is 50.0 Å². The normalized spacial score (nSPS) is 12.6. The van der Waals surface area contributed by atoms with Crippen molar-refractivity contribution in [1.29, 1.82) is 0 Å². The minimum absolute atomic E-state index is 0.0848. The fourth-order valence-electron chi connectivity index (χ4n) is 11.0. The van der Waals surface area contributed by atoms with Crippen molar-refractivity contribution in [3.63, 3.8) is 0 Å². The number of nitrogen functional groups attached to an aromatic ring is 1. The first-order valence-corrected chi connectivity index (χ1v) is 31.2. The van der Waals surface area contributed by atoms with Crippen molar-refractivity contribution in [2.45, 2.75) is 65.5 Å². The van der Waals surface area contributed by atoms with Crippen LogP contribution in [-0.4, -0.2) is 140 Å². The number of carbonyl (C=O) groups excluding carboxylic acids is 3. The molecule has 0 spiro atoms. The van der Waals surface area contributed by atoms with Crippen LogP contribution in [0.3, 0.4) is 0 Å². The third-order valence-electron chi connectivity index (χ3n) is 15.9. The third-order valence-corrected chi connectivity index (χ3v) is 16.1. The number of pyridine rings is 4. The third kappa shape index (κ3) is 17.4. The number of nitrogens with two attached hydrogens (primary N) is 1. The van der Waals surface area contributed by atoms with E-state index in [4.69, 9.17) is 31.5 Å². The zero-order valence-corrected chi connectivity index (χ0v) is 56.1. The zero-order valence-electron chi connectivity index (χ0n) is 55.3. The maximum atomic E-state index is 13.6. The molecule has 94 heavy (non-hydrogen) atoms. The Morgan fingerprint density at radius 1 is 0.660 bits per heavy atom. The van der Waals surface area contributed by atoms with Gasteiger partial charge in [0.2, 0.25) is 0 Å². The predicted octanol–water partition coefficient (Wildman–Crippen LogP) is 9.20. The molecule has 0 atom stereocenters. The van der Waals surface area contributed by atoms with Gasteiger partial charge >= 0.3 is 6.09 Å². The van der Waals surface area contributed by atoms with E-state index in [2.05, 4.69) is 32.7 Å². The van der Waals surface area contributed by atoms with Gasteiger partial charge in [0.1, 0.15) is 22.3 Å². The number of aromatic nitrogens is 4. The molecular weight excluding hydrogens is 1220 g/mol. The summed E-state index contributed by atoms with van der Waals surface area (Å²) < 4.78 is 18.4. The molecule has 2 aliphatic heterocycles. The smallest absolute Gasteiger partial charge is 0.410 e. The van der Waals surface area contributed by atoms with E-state index >= 15 is 0 Å². The van der Waals surface area contributed by atoms with Crippen LogP contribution in [-0.2, 0) is 67.5 Å². The van der Waals surface area contributed by atoms with Gasteiger partial charge in [0.25, 0.3) is 22.9 Å². The van der Waals surface area contributed by atoms with Gasteiger partial charge in [-0.25, -0.2) is 14.8 Å². The summed E-state index contributed by atoms with van der Waals surface area (Å²) in [5.74, 6) is 0.365. The Balaban J connectivity index is 0.000000194. The maximum absolute atomic E-state index is 13.6. The lowest BCUT2D eigenvalue weighted by Crippen LogP contribution is -2.38. The molecule has 6 heterocycles. The number of amides is 3. The first-order chi connectivity index (χ1) is 44.9. The summed E-state index contributed by atoms with van der Waals surface area (Å²) in [6, 6.07) is 33.6. The molecule has 8 aromatic rings. The number of anilines is 7. The summed E-state index contributed by atoms with van der Waals surface area (Å²) in [4.78, 5) is 81.7. The highest BCUT2D eigenvalue weighted by Crippen LogP contribution is 2.38. The van der Waals surface area contributed by atoms with E-state index in [-0.39, 0.29) is 47.9 Å². The number of hydrogen-bond donors (Lipinski definition) is 5. The van der Waals surface area contributed by atoms with Gasteiger partial charge in [0.15, 0.2) is 0 Å². The molecule has 0 saturated carbocycles. The first kappa shape index (κ1) is 70.4. The summed E-state index contributed by atoms with van der Waals surface area (Å²) in [6.07, 6.45) is 7.90. The topological polar surface area (TPSA) is 255 Å². The quantitative estimate of drug-likeness (QED) is 0.0352. The van der Waals surface area contributed by atoms with Crippen molar-refractivity contribution in [2.75, 3.05) is 112 Å². The van der Waals surface area contributed by atoms with E-state index in [1.807, 2.05) is 138 Å². The van der Waals surface area contributed by atoms with Crippen LogP contribution in [0.5, 0.6) is 0 Å². The van der Waals surface area contributed by atoms with Crippen molar-refractivity contribution in [1.82, 2.24) is 29.3 Å². The van der Waals surface area contributed by atoms with Gasteiger partial charge in [-0.15, -0.1) is 0 Å². The number of benzene rings is 4. The second kappa shape index (κ2) is 31.9. The second-order valence-corrected chi connectivity index (χ2v) is 24.6. The molecular formula is C71H85ClN12O10. The van der Waals surface area contributed by atoms with Crippen LogP contribution < -0.4 is 47.1 Å². The standard InChI is InChI=1S/C33H38N6O4.C24H26N4O3.C14H21ClN2O3/c1-37(2)25-9-10-27-23(16-25)12-14-39(32(27)41)30-7-5-6-26(28(30)21-40)24-17-29(33(42)38(3)20-24)36-31-11-8-22(19-35-31)18-34-13-15-43-4;1-26(2)17-7-8-19-15(11-17)9-10-28(23(19)30)22-6-4-5-18(20(22)14-29)16-12-21(25)24(31)27(3)13-16;1-14(2,3)20-13(18)17(7-8-19-4)10-11-5-6-12(15)16-9-11/h5-11,16-17,19-20,34,40H,12-15,18,21H2,1-4H3,(H,35,36);4-8,11-13,29H,9-10,14,25H2,1-3H3;5-6,9H,7-8,10H2,1-4H3. The highest BCUT2D eigenvalue weighted by molar-refractivity contribution is 6.29. The number of aliphatic hydroxyl groups excluding tert-OH is 2. The van der Waals surface area contributed by atoms with Crippen LogP contribution in [0.1, 0.15) is 74.9 Å². The van der Waals surface area contributed by atoms with Gasteiger partial charge in [-0.2, -0.15) is 0 Å². The molecule has 0 fully saturated rings. The van der Waals surface area contributed by atoms with Crippen LogP contribution >= 0.6 is 11.6 Å². The number of aryl methyl sites for hydroxylation is 2. The number of nitrogens with zero attached hydrogens (tertiary/aromatic N) is 9. The minimum atomic E-state index is -0.527. The van der Waals surface area contributed by atoms with E-state index in [0.717, 1.165) is 63.3 Å². The molecule has 0 bridgehead atoms. The van der Waals surface area contributed by atoms with Gasteiger partial charge < -0.3 is 74.4 Å². The number of ether oxygens (including phenoxy) is 3. The Morgan fingerprint density at radius 2 is 1.19 bits per heavy atom. The van der Waals surface area contributed by atoms with E-state index < -0.39 is 5.60 Å². The number of fused-ring (bicyclic) bond motifs is 2. The Kier molecular flexibility index (Phi) is 23.9. The average molecular weight is 1300 g/mol. The van der Waals surface area contributed by atoms with E-state index in [1.54, 1.807) is 86.0 Å². The number of halogens is 1. The number of aliphatic hydroxyl groups is 2. The van der Waals surface area contributed by atoms with Crippen molar-refractivity contribution in [3.8, 4) is 22.3 Å². The van der Waals surface area contributed by atoms with Crippen molar-refractivity contribution in [3.05, 3.63) is 204 Å². The van der Waals surface area contributed by atoms with Gasteiger partial charge in [0, 0.05) is 159 Å². The molecule has 0 unspecified atom stereocenters. The number of hydrogen-bond acceptors (Lipinski definition) is 17. The molecule has 2 aliphatic rings. The van der Waals surface area contributed by atoms with Crippen LogP contribution in [0, 0.1) is 0 Å². The Labute approximate surface area is 553 Å². The SMILES string of the molecule is CN(C)c1ccc2c(c1)CCN(c1cccc(-c3cc(N)c(=O)n(C)c3)c1CO)C2=O.COCCN(Cc1ccc(Cl)nc1)C(=O)OC(C)(C)C.COCCNCc1ccc(Nc2cc(-c3cccc(N4CCc5cc(N(C)C)ccc5C4=O)c3CO)cn(C)c2=O)nc1. The number of carbonyl (C=O) groups is 3. The summed E-state index contributed by atoms with van der Waals surface area (Å²) in [7, 11) is 14.5. The van der Waals surface area contributed by atoms with Gasteiger partial charge in [-0.1, -0.05) is 48.0 Å². The molecule has 496 valence electrons. The predicted molar refractivity (Wildman–Crippen MR) is 372 cm³/mol. The monoisotopic (exact) mass is 1300 g/mol. The first-order valence-electron chi connectivity index (χ1n) is 30.8. The molecule has 0 aliphatic carbocycles. The largest absolute Gasteiger partial charge is 0.444 e. The Hall–Kier alpha value is -9.42. The molecule has 6 N–H and O–H groups in total. The van der Waals surface area contributed by atoms with E-state index in [9.17, 15) is 34.2 Å². The van der Waals surface area contributed by atoms with Gasteiger partial charge in [-0.3, -0.25) is 19.2 Å².